The first-order chi connectivity index (χ1) is 10.6. The van der Waals surface area contributed by atoms with Gasteiger partial charge < -0.3 is 19.4 Å². The Morgan fingerprint density at radius 3 is 2.73 bits per heavy atom. The molecule has 124 valence electrons. The van der Waals surface area contributed by atoms with Crippen molar-refractivity contribution in [2.75, 3.05) is 33.4 Å². The summed E-state index contributed by atoms with van der Waals surface area (Å²) < 4.78 is 10.2. The number of carbonyl (C=O) groups is 2. The first-order valence-electron chi connectivity index (χ1n) is 7.69. The van der Waals surface area contributed by atoms with E-state index in [0.29, 0.717) is 37.6 Å². The maximum Gasteiger partial charge on any atom is 0.257 e. The summed E-state index contributed by atoms with van der Waals surface area (Å²) in [6, 6.07) is 1.65. The number of amides is 2. The number of hydrogen-bond donors (Lipinski definition) is 1. The molecule has 0 saturated carbocycles. The van der Waals surface area contributed by atoms with Gasteiger partial charge in [0.2, 0.25) is 5.91 Å². The molecule has 0 fully saturated rings. The summed E-state index contributed by atoms with van der Waals surface area (Å²) in [4.78, 5) is 25.9. The van der Waals surface area contributed by atoms with E-state index in [1.165, 1.54) is 6.26 Å². The van der Waals surface area contributed by atoms with Crippen molar-refractivity contribution in [2.24, 2.45) is 0 Å². The highest BCUT2D eigenvalue weighted by atomic mass is 16.5. The van der Waals surface area contributed by atoms with Crippen molar-refractivity contribution in [2.45, 2.75) is 33.1 Å². The van der Waals surface area contributed by atoms with Crippen LogP contribution in [0, 0.1) is 6.92 Å². The molecule has 0 aliphatic rings. The summed E-state index contributed by atoms with van der Waals surface area (Å²) in [5.41, 5.74) is 0.530. The zero-order valence-electron chi connectivity index (χ0n) is 13.7. The molecule has 0 spiro atoms. The third kappa shape index (κ3) is 5.89. The van der Waals surface area contributed by atoms with Gasteiger partial charge in [-0.3, -0.25) is 9.59 Å². The summed E-state index contributed by atoms with van der Waals surface area (Å²) in [5.74, 6) is 0.414. The molecule has 0 aromatic carbocycles. The number of aryl methyl sites for hydroxylation is 1. The lowest BCUT2D eigenvalue weighted by Gasteiger charge is -2.22. The zero-order valence-corrected chi connectivity index (χ0v) is 13.7. The molecular weight excluding hydrogens is 284 g/mol. The van der Waals surface area contributed by atoms with Crippen LogP contribution in [0.5, 0.6) is 0 Å². The van der Waals surface area contributed by atoms with E-state index >= 15 is 0 Å². The van der Waals surface area contributed by atoms with Gasteiger partial charge in [0, 0.05) is 33.2 Å². The lowest BCUT2D eigenvalue weighted by Crippen LogP contribution is -2.37. The first kappa shape index (κ1) is 18.2. The van der Waals surface area contributed by atoms with Crippen LogP contribution >= 0.6 is 0 Å². The van der Waals surface area contributed by atoms with Crippen LogP contribution in [-0.2, 0) is 9.53 Å². The average molecular weight is 310 g/mol. The van der Waals surface area contributed by atoms with E-state index in [1.54, 1.807) is 25.0 Å². The number of unbranched alkanes of at least 4 members (excludes halogenated alkanes) is 1. The van der Waals surface area contributed by atoms with E-state index in [1.807, 2.05) is 0 Å². The van der Waals surface area contributed by atoms with Gasteiger partial charge >= 0.3 is 0 Å². The second kappa shape index (κ2) is 10.00. The van der Waals surface area contributed by atoms with Crippen molar-refractivity contribution in [3.63, 3.8) is 0 Å². The molecule has 2 amide bonds. The molecule has 1 heterocycles. The molecule has 6 heteroatoms. The molecule has 1 aromatic heterocycles. The van der Waals surface area contributed by atoms with E-state index in [0.717, 1.165) is 12.8 Å². The Kier molecular flexibility index (Phi) is 8.28. The smallest absolute Gasteiger partial charge is 0.257 e. The quantitative estimate of drug-likeness (QED) is 0.671. The Bertz CT molecular complexity index is 470. The number of furan rings is 1. The SMILES string of the molecule is CCCCNC(=O)CCN(CCOC)C(=O)c1ccoc1C. The topological polar surface area (TPSA) is 71.8 Å². The highest BCUT2D eigenvalue weighted by Gasteiger charge is 2.19. The van der Waals surface area contributed by atoms with Gasteiger partial charge in [-0.05, 0) is 19.4 Å². The molecule has 0 saturated heterocycles. The summed E-state index contributed by atoms with van der Waals surface area (Å²) >= 11 is 0. The highest BCUT2D eigenvalue weighted by Crippen LogP contribution is 2.12. The van der Waals surface area contributed by atoms with E-state index < -0.39 is 0 Å². The number of carbonyl (C=O) groups excluding carboxylic acids is 2. The van der Waals surface area contributed by atoms with Gasteiger partial charge in [-0.1, -0.05) is 13.3 Å². The molecule has 0 atom stereocenters. The Labute approximate surface area is 131 Å². The second-order valence-corrected chi connectivity index (χ2v) is 5.13. The molecule has 1 rings (SSSR count). The fourth-order valence-corrected chi connectivity index (χ4v) is 2.02. The maximum atomic E-state index is 12.5. The first-order valence-corrected chi connectivity index (χ1v) is 7.69. The van der Waals surface area contributed by atoms with Gasteiger partial charge in [-0.15, -0.1) is 0 Å². The van der Waals surface area contributed by atoms with Gasteiger partial charge in [0.1, 0.15) is 5.76 Å². The fourth-order valence-electron chi connectivity index (χ4n) is 2.02. The Morgan fingerprint density at radius 1 is 1.36 bits per heavy atom. The number of rotatable bonds is 10. The molecule has 0 unspecified atom stereocenters. The minimum atomic E-state index is -0.135. The second-order valence-electron chi connectivity index (χ2n) is 5.13. The van der Waals surface area contributed by atoms with Crippen molar-refractivity contribution >= 4 is 11.8 Å². The van der Waals surface area contributed by atoms with Crippen molar-refractivity contribution < 1.29 is 18.7 Å². The van der Waals surface area contributed by atoms with Crippen molar-refractivity contribution in [1.29, 1.82) is 0 Å². The normalized spacial score (nSPS) is 10.5. The molecule has 1 aromatic rings. The Hall–Kier alpha value is -1.82. The van der Waals surface area contributed by atoms with Crippen LogP contribution in [-0.4, -0.2) is 50.1 Å². The Balaban J connectivity index is 2.55. The van der Waals surface area contributed by atoms with Crippen LogP contribution in [0.1, 0.15) is 42.3 Å². The predicted octanol–water partition coefficient (Wildman–Crippen LogP) is 1.98. The maximum absolute atomic E-state index is 12.5. The van der Waals surface area contributed by atoms with Crippen LogP contribution in [0.4, 0.5) is 0 Å². The largest absolute Gasteiger partial charge is 0.469 e. The molecule has 6 nitrogen and oxygen atoms in total. The van der Waals surface area contributed by atoms with Gasteiger partial charge in [0.25, 0.3) is 5.91 Å². The standard InChI is InChI=1S/C16H26N2O4/c1-4-5-8-17-15(19)6-9-18(10-12-21-3)16(20)14-7-11-22-13(14)2/h7,11H,4-6,8-10,12H2,1-3H3,(H,17,19). The molecule has 0 bridgehead atoms. The highest BCUT2D eigenvalue weighted by molar-refractivity contribution is 5.95. The van der Waals surface area contributed by atoms with Crippen LogP contribution in [0.3, 0.4) is 0 Å². The number of methoxy groups -OCH3 is 1. The molecule has 0 aliphatic heterocycles. The van der Waals surface area contributed by atoms with Crippen molar-refractivity contribution in [1.82, 2.24) is 10.2 Å². The van der Waals surface area contributed by atoms with E-state index in [9.17, 15) is 9.59 Å². The Morgan fingerprint density at radius 2 is 2.14 bits per heavy atom. The summed E-state index contributed by atoms with van der Waals surface area (Å²) in [5, 5.41) is 2.85. The zero-order chi connectivity index (χ0) is 16.4. The van der Waals surface area contributed by atoms with Gasteiger partial charge in [-0.2, -0.15) is 0 Å². The van der Waals surface area contributed by atoms with Gasteiger partial charge in [0.05, 0.1) is 18.4 Å². The number of nitrogens with zero attached hydrogens (tertiary/aromatic N) is 1. The summed E-state index contributed by atoms with van der Waals surface area (Å²) in [6.07, 6.45) is 3.79. The third-order valence-corrected chi connectivity index (χ3v) is 3.40. The molecular formula is C16H26N2O4. The predicted molar refractivity (Wildman–Crippen MR) is 83.8 cm³/mol. The van der Waals surface area contributed by atoms with Gasteiger partial charge in [-0.25, -0.2) is 0 Å². The number of ether oxygens (including phenoxy) is 1. The fraction of sp³-hybridized carbons (Fsp3) is 0.625. The van der Waals surface area contributed by atoms with Crippen LogP contribution < -0.4 is 5.32 Å². The molecule has 0 radical (unpaired) electrons. The lowest BCUT2D eigenvalue weighted by molar-refractivity contribution is -0.121. The van der Waals surface area contributed by atoms with Crippen LogP contribution in [0.15, 0.2) is 16.7 Å². The third-order valence-electron chi connectivity index (χ3n) is 3.40. The van der Waals surface area contributed by atoms with Crippen LogP contribution in [0.2, 0.25) is 0 Å². The summed E-state index contributed by atoms with van der Waals surface area (Å²) in [6.45, 7) is 5.75. The molecule has 1 N–H and O–H groups in total. The van der Waals surface area contributed by atoms with Gasteiger partial charge in [0.15, 0.2) is 0 Å². The minimum absolute atomic E-state index is 0.0346. The minimum Gasteiger partial charge on any atom is -0.469 e. The van der Waals surface area contributed by atoms with Crippen molar-refractivity contribution in [3.8, 4) is 0 Å². The van der Waals surface area contributed by atoms with E-state index in [2.05, 4.69) is 12.2 Å². The average Bonchev–Trinajstić information content (AvgIpc) is 2.93. The summed E-state index contributed by atoms with van der Waals surface area (Å²) in [7, 11) is 1.59. The number of hydrogen-bond acceptors (Lipinski definition) is 4. The molecule has 0 aliphatic carbocycles. The lowest BCUT2D eigenvalue weighted by atomic mass is 10.2. The molecule has 22 heavy (non-hydrogen) atoms. The van der Waals surface area contributed by atoms with Crippen LogP contribution in [0.25, 0.3) is 0 Å². The monoisotopic (exact) mass is 310 g/mol. The van der Waals surface area contributed by atoms with E-state index in [4.69, 9.17) is 9.15 Å². The van der Waals surface area contributed by atoms with Crippen molar-refractivity contribution in [3.05, 3.63) is 23.7 Å². The van der Waals surface area contributed by atoms with E-state index in [-0.39, 0.29) is 18.2 Å². The number of nitrogens with one attached hydrogen (secondary N) is 1.